The molecule has 1 aromatic carbocycles. The summed E-state index contributed by atoms with van der Waals surface area (Å²) in [5.41, 5.74) is 1.14. The van der Waals surface area contributed by atoms with Gasteiger partial charge in [0.05, 0.1) is 11.3 Å². The van der Waals surface area contributed by atoms with Crippen LogP contribution in [0.3, 0.4) is 0 Å². The number of aromatic carboxylic acids is 1. The summed E-state index contributed by atoms with van der Waals surface area (Å²) in [6.45, 7) is 4.02. The number of hydrogen-bond acceptors (Lipinski definition) is 2. The Labute approximate surface area is 93.5 Å². The van der Waals surface area contributed by atoms with Crippen LogP contribution in [0.4, 0.5) is 10.5 Å². The van der Waals surface area contributed by atoms with E-state index in [-0.39, 0.29) is 5.56 Å². The van der Waals surface area contributed by atoms with Crippen LogP contribution in [-0.4, -0.2) is 23.7 Å². The molecular weight excluding hydrogens is 208 g/mol. The minimum Gasteiger partial charge on any atom is -0.478 e. The van der Waals surface area contributed by atoms with E-state index in [4.69, 9.17) is 5.11 Å². The van der Waals surface area contributed by atoms with Gasteiger partial charge in [0.1, 0.15) is 0 Å². The molecule has 0 spiro atoms. The predicted molar refractivity (Wildman–Crippen MR) is 60.8 cm³/mol. The van der Waals surface area contributed by atoms with Crippen molar-refractivity contribution in [3.05, 3.63) is 29.3 Å². The standard InChI is InChI=1S/C11H14N2O3/c1-3-12-11(16)13-9-7(2)5-4-6-8(9)10(14)15/h4-6H,3H2,1-2H3,(H,14,15)(H2,12,13,16). The number of carbonyl (C=O) groups is 2. The first-order chi connectivity index (χ1) is 7.56. The van der Waals surface area contributed by atoms with E-state index in [0.717, 1.165) is 0 Å². The number of rotatable bonds is 3. The van der Waals surface area contributed by atoms with Crippen molar-refractivity contribution in [2.45, 2.75) is 13.8 Å². The Hall–Kier alpha value is -2.04. The van der Waals surface area contributed by atoms with E-state index in [9.17, 15) is 9.59 Å². The summed E-state index contributed by atoms with van der Waals surface area (Å²) in [7, 11) is 0. The van der Waals surface area contributed by atoms with E-state index in [1.54, 1.807) is 26.0 Å². The van der Waals surface area contributed by atoms with E-state index < -0.39 is 12.0 Å². The van der Waals surface area contributed by atoms with Crippen LogP contribution in [0.15, 0.2) is 18.2 Å². The third-order valence-corrected chi connectivity index (χ3v) is 2.08. The van der Waals surface area contributed by atoms with Gasteiger partial charge in [-0.25, -0.2) is 9.59 Å². The van der Waals surface area contributed by atoms with Gasteiger partial charge in [-0.3, -0.25) is 0 Å². The summed E-state index contributed by atoms with van der Waals surface area (Å²) in [5, 5.41) is 14.0. The first-order valence-electron chi connectivity index (χ1n) is 4.94. The molecule has 0 radical (unpaired) electrons. The van der Waals surface area contributed by atoms with Crippen LogP contribution in [0.2, 0.25) is 0 Å². The molecule has 0 bridgehead atoms. The maximum absolute atomic E-state index is 11.3. The molecule has 2 amide bonds. The zero-order valence-corrected chi connectivity index (χ0v) is 9.20. The summed E-state index contributed by atoms with van der Waals surface area (Å²) >= 11 is 0. The van der Waals surface area contributed by atoms with Gasteiger partial charge in [0.15, 0.2) is 0 Å². The van der Waals surface area contributed by atoms with Crippen LogP contribution in [-0.2, 0) is 0 Å². The van der Waals surface area contributed by atoms with Crippen molar-refractivity contribution < 1.29 is 14.7 Å². The Bertz CT molecular complexity index is 416. The number of carbonyl (C=O) groups excluding carboxylic acids is 1. The van der Waals surface area contributed by atoms with Crippen LogP contribution in [0.25, 0.3) is 0 Å². The first kappa shape index (κ1) is 12.0. The number of urea groups is 1. The second kappa shape index (κ2) is 5.16. The van der Waals surface area contributed by atoms with Crippen molar-refractivity contribution in [1.29, 1.82) is 0 Å². The summed E-state index contributed by atoms with van der Waals surface area (Å²) in [6.07, 6.45) is 0. The van der Waals surface area contributed by atoms with E-state index >= 15 is 0 Å². The zero-order chi connectivity index (χ0) is 12.1. The molecule has 0 aliphatic carbocycles. The number of nitrogens with one attached hydrogen (secondary N) is 2. The van der Waals surface area contributed by atoms with Gasteiger partial charge in [-0.1, -0.05) is 12.1 Å². The average molecular weight is 222 g/mol. The van der Waals surface area contributed by atoms with E-state index in [1.807, 2.05) is 0 Å². The molecule has 86 valence electrons. The van der Waals surface area contributed by atoms with Crippen LogP contribution < -0.4 is 10.6 Å². The summed E-state index contributed by atoms with van der Waals surface area (Å²) in [5.74, 6) is -1.06. The van der Waals surface area contributed by atoms with Crippen molar-refractivity contribution in [2.75, 3.05) is 11.9 Å². The third kappa shape index (κ3) is 2.73. The molecular formula is C11H14N2O3. The van der Waals surface area contributed by atoms with Crippen molar-refractivity contribution in [3.8, 4) is 0 Å². The van der Waals surface area contributed by atoms with Crippen molar-refractivity contribution in [2.24, 2.45) is 0 Å². The number of para-hydroxylation sites is 1. The van der Waals surface area contributed by atoms with E-state index in [2.05, 4.69) is 10.6 Å². The Balaban J connectivity index is 3.01. The minimum atomic E-state index is -1.06. The quantitative estimate of drug-likeness (QED) is 0.730. The third-order valence-electron chi connectivity index (χ3n) is 2.08. The van der Waals surface area contributed by atoms with Gasteiger partial charge in [-0.15, -0.1) is 0 Å². The molecule has 1 aromatic rings. The van der Waals surface area contributed by atoms with Gasteiger partial charge >= 0.3 is 12.0 Å². The van der Waals surface area contributed by atoms with Gasteiger partial charge in [0, 0.05) is 6.54 Å². The summed E-state index contributed by atoms with van der Waals surface area (Å²) < 4.78 is 0. The molecule has 0 heterocycles. The molecule has 5 nitrogen and oxygen atoms in total. The van der Waals surface area contributed by atoms with Gasteiger partial charge in [-0.05, 0) is 25.5 Å². The highest BCUT2D eigenvalue weighted by Crippen LogP contribution is 2.20. The Morgan fingerprint density at radius 2 is 2.06 bits per heavy atom. The van der Waals surface area contributed by atoms with Crippen LogP contribution >= 0.6 is 0 Å². The largest absolute Gasteiger partial charge is 0.478 e. The molecule has 0 aliphatic rings. The summed E-state index contributed by atoms with van der Waals surface area (Å²) in [4.78, 5) is 22.3. The Morgan fingerprint density at radius 1 is 1.38 bits per heavy atom. The van der Waals surface area contributed by atoms with E-state index in [0.29, 0.717) is 17.8 Å². The molecule has 0 atom stereocenters. The lowest BCUT2D eigenvalue weighted by Gasteiger charge is -2.11. The van der Waals surface area contributed by atoms with Crippen LogP contribution in [0.5, 0.6) is 0 Å². The number of aryl methyl sites for hydroxylation is 1. The molecule has 0 saturated heterocycles. The SMILES string of the molecule is CCNC(=O)Nc1c(C)cccc1C(=O)O. The smallest absolute Gasteiger partial charge is 0.337 e. The maximum atomic E-state index is 11.3. The van der Waals surface area contributed by atoms with Crippen LogP contribution in [0.1, 0.15) is 22.8 Å². The van der Waals surface area contributed by atoms with E-state index in [1.165, 1.54) is 6.07 Å². The minimum absolute atomic E-state index is 0.0891. The number of carboxylic acids is 1. The fraction of sp³-hybridized carbons (Fsp3) is 0.273. The Morgan fingerprint density at radius 3 is 2.62 bits per heavy atom. The highest BCUT2D eigenvalue weighted by Gasteiger charge is 2.13. The van der Waals surface area contributed by atoms with Crippen LogP contribution in [0, 0.1) is 6.92 Å². The molecule has 0 unspecified atom stereocenters. The molecule has 0 saturated carbocycles. The van der Waals surface area contributed by atoms with Gasteiger partial charge in [0.25, 0.3) is 0 Å². The zero-order valence-electron chi connectivity index (χ0n) is 9.20. The van der Waals surface area contributed by atoms with Crippen molar-refractivity contribution in [1.82, 2.24) is 5.32 Å². The Kier molecular flexibility index (Phi) is 3.88. The number of hydrogen-bond donors (Lipinski definition) is 3. The number of carboxylic acid groups (broad SMARTS) is 1. The van der Waals surface area contributed by atoms with Gasteiger partial charge in [0.2, 0.25) is 0 Å². The molecule has 5 heteroatoms. The highest BCUT2D eigenvalue weighted by molar-refractivity contribution is 6.00. The summed E-state index contributed by atoms with van der Waals surface area (Å²) in [6, 6.07) is 4.44. The normalized spacial score (nSPS) is 9.62. The highest BCUT2D eigenvalue weighted by atomic mass is 16.4. The number of benzene rings is 1. The second-order valence-corrected chi connectivity index (χ2v) is 3.29. The predicted octanol–water partition coefficient (Wildman–Crippen LogP) is 1.83. The van der Waals surface area contributed by atoms with Crippen molar-refractivity contribution in [3.63, 3.8) is 0 Å². The number of anilines is 1. The van der Waals surface area contributed by atoms with Crippen molar-refractivity contribution >= 4 is 17.7 Å². The molecule has 16 heavy (non-hydrogen) atoms. The monoisotopic (exact) mass is 222 g/mol. The molecule has 3 N–H and O–H groups in total. The first-order valence-corrected chi connectivity index (χ1v) is 4.94. The lowest BCUT2D eigenvalue weighted by molar-refractivity contribution is 0.0698. The van der Waals surface area contributed by atoms with Gasteiger partial charge < -0.3 is 15.7 Å². The van der Waals surface area contributed by atoms with Gasteiger partial charge in [-0.2, -0.15) is 0 Å². The topological polar surface area (TPSA) is 78.4 Å². The molecule has 0 aromatic heterocycles. The average Bonchev–Trinajstić information content (AvgIpc) is 2.21. The fourth-order valence-electron chi connectivity index (χ4n) is 1.33. The lowest BCUT2D eigenvalue weighted by Crippen LogP contribution is -2.29. The number of amides is 2. The second-order valence-electron chi connectivity index (χ2n) is 3.29. The molecule has 1 rings (SSSR count). The molecule has 0 aliphatic heterocycles. The molecule has 0 fully saturated rings. The maximum Gasteiger partial charge on any atom is 0.337 e. The lowest BCUT2D eigenvalue weighted by atomic mass is 10.1. The fourth-order valence-corrected chi connectivity index (χ4v) is 1.33.